The van der Waals surface area contributed by atoms with Gasteiger partial charge < -0.3 is 5.73 Å². The zero-order chi connectivity index (χ0) is 10.1. The number of anilines is 1. The van der Waals surface area contributed by atoms with Gasteiger partial charge in [0.25, 0.3) is 0 Å². The van der Waals surface area contributed by atoms with Crippen molar-refractivity contribution >= 4 is 40.0 Å². The van der Waals surface area contributed by atoms with Crippen molar-refractivity contribution in [3.05, 3.63) is 39.1 Å². The Morgan fingerprint density at radius 1 is 1.36 bits per heavy atom. The normalized spacial score (nSPS) is 10.4. The van der Waals surface area contributed by atoms with E-state index in [0.717, 1.165) is 9.26 Å². The number of hydrogen-bond donors (Lipinski definition) is 1. The molecule has 1 heterocycles. The SMILES string of the molecule is Nc1ccn(-c2cc(Cl)ccc2I)n1. The van der Waals surface area contributed by atoms with Gasteiger partial charge >= 0.3 is 0 Å². The van der Waals surface area contributed by atoms with Gasteiger partial charge in [-0.25, -0.2) is 4.68 Å². The Morgan fingerprint density at radius 2 is 2.14 bits per heavy atom. The minimum Gasteiger partial charge on any atom is -0.382 e. The lowest BCUT2D eigenvalue weighted by atomic mass is 10.3. The van der Waals surface area contributed by atoms with Gasteiger partial charge in [0.2, 0.25) is 0 Å². The minimum atomic E-state index is 0.501. The Bertz CT molecular complexity index is 467. The van der Waals surface area contributed by atoms with Crippen LogP contribution in [-0.4, -0.2) is 9.78 Å². The third-order valence-electron chi connectivity index (χ3n) is 1.76. The summed E-state index contributed by atoms with van der Waals surface area (Å²) in [5, 5.41) is 4.80. The fourth-order valence-electron chi connectivity index (χ4n) is 1.13. The number of aromatic nitrogens is 2. The van der Waals surface area contributed by atoms with Gasteiger partial charge in [-0.05, 0) is 40.8 Å². The van der Waals surface area contributed by atoms with Gasteiger partial charge in [0.1, 0.15) is 5.82 Å². The van der Waals surface area contributed by atoms with Crippen LogP contribution in [0.25, 0.3) is 5.69 Å². The quantitative estimate of drug-likeness (QED) is 0.821. The van der Waals surface area contributed by atoms with E-state index in [1.165, 1.54) is 0 Å². The molecule has 0 fully saturated rings. The molecule has 5 heteroatoms. The number of hydrogen-bond acceptors (Lipinski definition) is 2. The predicted octanol–water partition coefficient (Wildman–Crippen LogP) is 2.71. The van der Waals surface area contributed by atoms with Crippen molar-refractivity contribution in [1.82, 2.24) is 9.78 Å². The maximum Gasteiger partial charge on any atom is 0.145 e. The van der Waals surface area contributed by atoms with E-state index >= 15 is 0 Å². The molecule has 2 aromatic rings. The van der Waals surface area contributed by atoms with Crippen molar-refractivity contribution in [2.24, 2.45) is 0 Å². The molecule has 3 nitrogen and oxygen atoms in total. The van der Waals surface area contributed by atoms with Gasteiger partial charge in [-0.3, -0.25) is 0 Å². The van der Waals surface area contributed by atoms with E-state index in [-0.39, 0.29) is 0 Å². The zero-order valence-electron chi connectivity index (χ0n) is 7.11. The van der Waals surface area contributed by atoms with Crippen molar-refractivity contribution < 1.29 is 0 Å². The van der Waals surface area contributed by atoms with Crippen LogP contribution >= 0.6 is 34.2 Å². The summed E-state index contributed by atoms with van der Waals surface area (Å²) in [5.74, 6) is 0.501. The van der Waals surface area contributed by atoms with E-state index in [2.05, 4.69) is 27.7 Å². The summed E-state index contributed by atoms with van der Waals surface area (Å²) in [6.07, 6.45) is 1.81. The molecule has 0 saturated carbocycles. The molecule has 0 saturated heterocycles. The lowest BCUT2D eigenvalue weighted by Crippen LogP contribution is -1.98. The molecule has 1 aromatic heterocycles. The van der Waals surface area contributed by atoms with Crippen LogP contribution in [0.5, 0.6) is 0 Å². The highest BCUT2D eigenvalue weighted by Crippen LogP contribution is 2.21. The molecule has 0 amide bonds. The molecule has 2 N–H and O–H groups in total. The van der Waals surface area contributed by atoms with Crippen LogP contribution < -0.4 is 5.73 Å². The van der Waals surface area contributed by atoms with Gasteiger partial charge in [-0.2, -0.15) is 5.10 Å². The molecule has 0 bridgehead atoms. The fourth-order valence-corrected chi connectivity index (χ4v) is 1.88. The summed E-state index contributed by atoms with van der Waals surface area (Å²) in [7, 11) is 0. The number of benzene rings is 1. The van der Waals surface area contributed by atoms with Crippen LogP contribution in [0, 0.1) is 3.57 Å². The number of rotatable bonds is 1. The Morgan fingerprint density at radius 3 is 2.79 bits per heavy atom. The highest BCUT2D eigenvalue weighted by Gasteiger charge is 2.04. The molecule has 14 heavy (non-hydrogen) atoms. The fraction of sp³-hybridized carbons (Fsp3) is 0. The van der Waals surface area contributed by atoms with Crippen LogP contribution in [0.3, 0.4) is 0 Å². The molecule has 2 rings (SSSR count). The van der Waals surface area contributed by atoms with Crippen LogP contribution in [0.2, 0.25) is 5.02 Å². The second kappa shape index (κ2) is 3.78. The first kappa shape index (κ1) is 9.79. The van der Waals surface area contributed by atoms with Crippen molar-refractivity contribution in [2.75, 3.05) is 5.73 Å². The molecule has 0 unspecified atom stereocenters. The van der Waals surface area contributed by atoms with Crippen molar-refractivity contribution in [1.29, 1.82) is 0 Å². The molecule has 0 spiro atoms. The second-order valence-electron chi connectivity index (χ2n) is 2.78. The summed E-state index contributed by atoms with van der Waals surface area (Å²) >= 11 is 8.13. The lowest BCUT2D eigenvalue weighted by Gasteiger charge is -2.04. The number of nitrogens with zero attached hydrogens (tertiary/aromatic N) is 2. The Labute approximate surface area is 100 Å². The van der Waals surface area contributed by atoms with Crippen LogP contribution in [-0.2, 0) is 0 Å². The first-order valence-corrected chi connectivity index (χ1v) is 5.39. The lowest BCUT2D eigenvalue weighted by molar-refractivity contribution is 0.881. The van der Waals surface area contributed by atoms with E-state index in [1.807, 2.05) is 24.4 Å². The van der Waals surface area contributed by atoms with Crippen LogP contribution in [0.15, 0.2) is 30.5 Å². The van der Waals surface area contributed by atoms with Crippen molar-refractivity contribution in [2.45, 2.75) is 0 Å². The predicted molar refractivity (Wildman–Crippen MR) is 65.7 cm³/mol. The molecular formula is C9H7ClIN3. The smallest absolute Gasteiger partial charge is 0.145 e. The molecular weight excluding hydrogens is 312 g/mol. The van der Waals surface area contributed by atoms with E-state index in [4.69, 9.17) is 17.3 Å². The molecule has 72 valence electrons. The molecule has 1 aromatic carbocycles. The highest BCUT2D eigenvalue weighted by atomic mass is 127. The van der Waals surface area contributed by atoms with Crippen LogP contribution in [0.4, 0.5) is 5.82 Å². The van der Waals surface area contributed by atoms with E-state index in [0.29, 0.717) is 10.8 Å². The standard InChI is InChI=1S/C9H7ClIN3/c10-6-1-2-7(11)8(5-6)14-4-3-9(12)13-14/h1-5H,(H2,12,13). The minimum absolute atomic E-state index is 0.501. The topological polar surface area (TPSA) is 43.8 Å². The van der Waals surface area contributed by atoms with Gasteiger partial charge in [0.15, 0.2) is 0 Å². The van der Waals surface area contributed by atoms with Crippen molar-refractivity contribution in [3.63, 3.8) is 0 Å². The second-order valence-corrected chi connectivity index (χ2v) is 4.38. The number of halogens is 2. The Balaban J connectivity index is 2.55. The molecule has 0 radical (unpaired) electrons. The number of nitrogen functional groups attached to an aromatic ring is 1. The maximum absolute atomic E-state index is 5.90. The average Bonchev–Trinajstić information content (AvgIpc) is 2.56. The number of nitrogens with two attached hydrogens (primary N) is 1. The molecule has 0 aliphatic heterocycles. The summed E-state index contributed by atoms with van der Waals surface area (Å²) in [6, 6.07) is 7.39. The average molecular weight is 320 g/mol. The molecule has 0 aliphatic carbocycles. The zero-order valence-corrected chi connectivity index (χ0v) is 10.0. The van der Waals surface area contributed by atoms with Crippen LogP contribution in [0.1, 0.15) is 0 Å². The third-order valence-corrected chi connectivity index (χ3v) is 2.91. The molecule has 0 aliphatic rings. The van der Waals surface area contributed by atoms with Gasteiger partial charge in [0.05, 0.1) is 5.69 Å². The van der Waals surface area contributed by atoms with Gasteiger partial charge in [-0.15, -0.1) is 0 Å². The summed E-state index contributed by atoms with van der Waals surface area (Å²) in [4.78, 5) is 0. The Kier molecular flexibility index (Phi) is 2.64. The summed E-state index contributed by atoms with van der Waals surface area (Å²) < 4.78 is 2.79. The summed E-state index contributed by atoms with van der Waals surface area (Å²) in [5.41, 5.74) is 6.48. The Hall–Kier alpha value is -0.750. The molecule has 0 atom stereocenters. The van der Waals surface area contributed by atoms with Gasteiger partial charge in [0, 0.05) is 20.9 Å². The van der Waals surface area contributed by atoms with E-state index in [1.54, 1.807) is 10.7 Å². The third kappa shape index (κ3) is 1.85. The largest absolute Gasteiger partial charge is 0.382 e. The maximum atomic E-state index is 5.90. The highest BCUT2D eigenvalue weighted by molar-refractivity contribution is 14.1. The van der Waals surface area contributed by atoms with E-state index in [9.17, 15) is 0 Å². The summed E-state index contributed by atoms with van der Waals surface area (Å²) in [6.45, 7) is 0. The van der Waals surface area contributed by atoms with Gasteiger partial charge in [-0.1, -0.05) is 11.6 Å². The van der Waals surface area contributed by atoms with Crippen molar-refractivity contribution in [3.8, 4) is 5.69 Å². The first-order valence-electron chi connectivity index (χ1n) is 3.93. The van der Waals surface area contributed by atoms with E-state index < -0.39 is 0 Å². The monoisotopic (exact) mass is 319 g/mol. The first-order chi connectivity index (χ1) is 6.66.